The second kappa shape index (κ2) is 6.93. The first-order valence-electron chi connectivity index (χ1n) is 5.68. The fourth-order valence-electron chi connectivity index (χ4n) is 1.38. The summed E-state index contributed by atoms with van der Waals surface area (Å²) in [5, 5.41) is 20.3. The zero-order chi connectivity index (χ0) is 13.5. The van der Waals surface area contributed by atoms with Gasteiger partial charge in [0, 0.05) is 12.7 Å². The number of nitrogens with zero attached hydrogens (tertiary/aromatic N) is 1. The van der Waals surface area contributed by atoms with Crippen LogP contribution in [-0.4, -0.2) is 36.0 Å². The zero-order valence-corrected chi connectivity index (χ0v) is 10.5. The van der Waals surface area contributed by atoms with E-state index in [1.165, 1.54) is 6.07 Å². The first kappa shape index (κ1) is 14.4. The molecule has 0 radical (unpaired) electrons. The second-order valence-corrected chi connectivity index (χ2v) is 3.85. The minimum Gasteiger partial charge on any atom is -0.484 e. The number of hydrogen-bond acceptors (Lipinski definition) is 5. The third-order valence-electron chi connectivity index (χ3n) is 2.26. The van der Waals surface area contributed by atoms with Crippen LogP contribution in [0.3, 0.4) is 0 Å². The Hall–Kier alpha value is -1.66. The maximum atomic E-state index is 10.8. The predicted octanol–water partition coefficient (Wildman–Crippen LogP) is 1.68. The van der Waals surface area contributed by atoms with Crippen LogP contribution in [0.2, 0.25) is 0 Å². The molecule has 6 heteroatoms. The molecule has 0 saturated carbocycles. The topological polar surface area (TPSA) is 81.8 Å². The number of aryl methyl sites for hydroxylation is 1. The van der Waals surface area contributed by atoms with Gasteiger partial charge in [-0.3, -0.25) is 10.1 Å². The van der Waals surface area contributed by atoms with Crippen molar-refractivity contribution in [2.24, 2.45) is 0 Å². The Bertz CT molecular complexity index is 407. The number of nitro benzene ring substituents is 1. The van der Waals surface area contributed by atoms with Gasteiger partial charge in [-0.15, -0.1) is 0 Å². The van der Waals surface area contributed by atoms with Crippen molar-refractivity contribution in [3.63, 3.8) is 0 Å². The van der Waals surface area contributed by atoms with Gasteiger partial charge in [0.2, 0.25) is 0 Å². The van der Waals surface area contributed by atoms with Crippen LogP contribution in [0, 0.1) is 17.0 Å². The Kier molecular flexibility index (Phi) is 5.54. The van der Waals surface area contributed by atoms with Crippen LogP contribution in [0.25, 0.3) is 0 Å². The van der Waals surface area contributed by atoms with Crippen LogP contribution < -0.4 is 4.74 Å². The van der Waals surface area contributed by atoms with E-state index >= 15 is 0 Å². The lowest BCUT2D eigenvalue weighted by Gasteiger charge is -2.12. The minimum absolute atomic E-state index is 0.0374. The van der Waals surface area contributed by atoms with Crippen molar-refractivity contribution in [1.82, 2.24) is 0 Å². The van der Waals surface area contributed by atoms with E-state index in [1.54, 1.807) is 12.1 Å². The quantitative estimate of drug-likeness (QED) is 0.592. The first-order chi connectivity index (χ1) is 8.54. The summed E-state index contributed by atoms with van der Waals surface area (Å²) in [4.78, 5) is 10.3. The van der Waals surface area contributed by atoms with Gasteiger partial charge in [0.1, 0.15) is 12.7 Å². The fraction of sp³-hybridized carbons (Fsp3) is 0.500. The van der Waals surface area contributed by atoms with Gasteiger partial charge < -0.3 is 14.6 Å². The largest absolute Gasteiger partial charge is 0.484 e. The van der Waals surface area contributed by atoms with Crippen molar-refractivity contribution < 1.29 is 19.5 Å². The molecule has 1 rings (SSSR count). The second-order valence-electron chi connectivity index (χ2n) is 3.85. The van der Waals surface area contributed by atoms with Crippen LogP contribution in [0.1, 0.15) is 12.5 Å². The SMILES string of the molecule is CCOCC(O)COc1cc(C)ccc1[N+](=O)[O-]. The van der Waals surface area contributed by atoms with Gasteiger partial charge in [-0.2, -0.15) is 0 Å². The van der Waals surface area contributed by atoms with Crippen molar-refractivity contribution in [2.75, 3.05) is 19.8 Å². The van der Waals surface area contributed by atoms with Gasteiger partial charge in [-0.05, 0) is 25.5 Å². The molecule has 1 atom stereocenters. The van der Waals surface area contributed by atoms with Gasteiger partial charge in [0.15, 0.2) is 5.75 Å². The first-order valence-corrected chi connectivity index (χ1v) is 5.68. The molecule has 0 aliphatic carbocycles. The third kappa shape index (κ3) is 4.31. The van der Waals surface area contributed by atoms with Gasteiger partial charge in [0.25, 0.3) is 0 Å². The highest BCUT2D eigenvalue weighted by molar-refractivity contribution is 5.48. The monoisotopic (exact) mass is 255 g/mol. The normalized spacial score (nSPS) is 12.2. The van der Waals surface area contributed by atoms with Crippen LogP contribution in [-0.2, 0) is 4.74 Å². The molecule has 18 heavy (non-hydrogen) atoms. The summed E-state index contributed by atoms with van der Waals surface area (Å²) in [5.41, 5.74) is 0.749. The van der Waals surface area contributed by atoms with Crippen molar-refractivity contribution in [3.05, 3.63) is 33.9 Å². The van der Waals surface area contributed by atoms with Crippen LogP contribution in [0.4, 0.5) is 5.69 Å². The molecule has 6 nitrogen and oxygen atoms in total. The molecule has 0 spiro atoms. The highest BCUT2D eigenvalue weighted by Gasteiger charge is 2.16. The number of aliphatic hydroxyl groups is 1. The minimum atomic E-state index is -0.801. The van der Waals surface area contributed by atoms with Crippen molar-refractivity contribution in [1.29, 1.82) is 0 Å². The molecule has 1 aromatic carbocycles. The van der Waals surface area contributed by atoms with E-state index in [2.05, 4.69) is 0 Å². The lowest BCUT2D eigenvalue weighted by molar-refractivity contribution is -0.385. The van der Waals surface area contributed by atoms with Gasteiger partial charge >= 0.3 is 5.69 Å². The summed E-state index contributed by atoms with van der Waals surface area (Å²) in [7, 11) is 0. The Labute approximate surface area is 105 Å². The lowest BCUT2D eigenvalue weighted by Crippen LogP contribution is -2.23. The van der Waals surface area contributed by atoms with E-state index in [0.717, 1.165) is 5.56 Å². The highest BCUT2D eigenvalue weighted by atomic mass is 16.6. The van der Waals surface area contributed by atoms with Gasteiger partial charge in [-0.1, -0.05) is 6.07 Å². The average Bonchev–Trinajstić information content (AvgIpc) is 2.33. The molecule has 0 aliphatic heterocycles. The number of benzene rings is 1. The Morgan fingerprint density at radius 2 is 2.17 bits per heavy atom. The van der Waals surface area contributed by atoms with E-state index in [9.17, 15) is 15.2 Å². The molecule has 1 aromatic rings. The summed E-state index contributed by atoms with van der Waals surface area (Å²) < 4.78 is 10.3. The van der Waals surface area contributed by atoms with Crippen molar-refractivity contribution in [2.45, 2.75) is 20.0 Å². The van der Waals surface area contributed by atoms with Gasteiger partial charge in [0.05, 0.1) is 11.5 Å². The Morgan fingerprint density at radius 3 is 2.78 bits per heavy atom. The Morgan fingerprint density at radius 1 is 1.44 bits per heavy atom. The van der Waals surface area contributed by atoms with E-state index in [0.29, 0.717) is 6.61 Å². The van der Waals surface area contributed by atoms with Gasteiger partial charge in [-0.25, -0.2) is 0 Å². The molecule has 100 valence electrons. The van der Waals surface area contributed by atoms with Crippen LogP contribution >= 0.6 is 0 Å². The molecule has 1 unspecified atom stereocenters. The predicted molar refractivity (Wildman–Crippen MR) is 65.8 cm³/mol. The Balaban J connectivity index is 2.65. The number of aliphatic hydroxyl groups excluding tert-OH is 1. The molecule has 1 N–H and O–H groups in total. The summed E-state index contributed by atoms with van der Waals surface area (Å²) in [6.07, 6.45) is -0.801. The van der Waals surface area contributed by atoms with E-state index in [-0.39, 0.29) is 24.7 Å². The molecular formula is C12H17NO5. The smallest absolute Gasteiger partial charge is 0.310 e. The summed E-state index contributed by atoms with van der Waals surface area (Å²) >= 11 is 0. The third-order valence-corrected chi connectivity index (χ3v) is 2.26. The van der Waals surface area contributed by atoms with Crippen LogP contribution in [0.15, 0.2) is 18.2 Å². The summed E-state index contributed by atoms with van der Waals surface area (Å²) in [5.74, 6) is 0.163. The fourth-order valence-corrected chi connectivity index (χ4v) is 1.38. The maximum absolute atomic E-state index is 10.8. The number of rotatable bonds is 7. The molecule has 0 amide bonds. The van der Waals surface area contributed by atoms with E-state index in [4.69, 9.17) is 9.47 Å². The maximum Gasteiger partial charge on any atom is 0.310 e. The number of nitro groups is 1. The summed E-state index contributed by atoms with van der Waals surface area (Å²) in [6.45, 7) is 4.24. The average molecular weight is 255 g/mol. The summed E-state index contributed by atoms with van der Waals surface area (Å²) in [6, 6.07) is 4.60. The lowest BCUT2D eigenvalue weighted by atomic mass is 10.2. The van der Waals surface area contributed by atoms with E-state index in [1.807, 2.05) is 13.8 Å². The molecular weight excluding hydrogens is 238 g/mol. The van der Waals surface area contributed by atoms with Crippen molar-refractivity contribution in [3.8, 4) is 5.75 Å². The van der Waals surface area contributed by atoms with Crippen molar-refractivity contribution >= 4 is 5.69 Å². The molecule has 0 heterocycles. The standard InChI is InChI=1S/C12H17NO5/c1-3-17-7-10(14)8-18-12-6-9(2)4-5-11(12)13(15)16/h4-6,10,14H,3,7-8H2,1-2H3. The zero-order valence-electron chi connectivity index (χ0n) is 10.5. The molecule has 0 saturated heterocycles. The van der Waals surface area contributed by atoms with E-state index < -0.39 is 11.0 Å². The van der Waals surface area contributed by atoms with Crippen LogP contribution in [0.5, 0.6) is 5.75 Å². The number of ether oxygens (including phenoxy) is 2. The number of hydrogen-bond donors (Lipinski definition) is 1. The highest BCUT2D eigenvalue weighted by Crippen LogP contribution is 2.27. The molecule has 0 bridgehead atoms. The molecule has 0 aliphatic rings. The molecule has 0 fully saturated rings. The molecule has 0 aromatic heterocycles.